The Bertz CT molecular complexity index is 212. The van der Waals surface area contributed by atoms with Crippen LogP contribution in [-0.2, 0) is 0 Å². The SMILES string of the molecule is CNCC#CCC1CCN(C(C)C)C1. The van der Waals surface area contributed by atoms with Crippen LogP contribution in [0.15, 0.2) is 0 Å². The summed E-state index contributed by atoms with van der Waals surface area (Å²) in [5, 5.41) is 3.04. The maximum Gasteiger partial charge on any atom is 0.0574 e. The zero-order valence-electron chi connectivity index (χ0n) is 9.64. The predicted octanol–water partition coefficient (Wildman–Crippen LogP) is 1.33. The molecule has 1 aliphatic rings. The Morgan fingerprint density at radius 2 is 2.21 bits per heavy atom. The molecule has 0 bridgehead atoms. The Labute approximate surface area is 88.1 Å². The van der Waals surface area contributed by atoms with E-state index in [2.05, 4.69) is 35.9 Å². The van der Waals surface area contributed by atoms with Gasteiger partial charge >= 0.3 is 0 Å². The van der Waals surface area contributed by atoms with Crippen LogP contribution in [0.3, 0.4) is 0 Å². The molecule has 1 N–H and O–H groups in total. The van der Waals surface area contributed by atoms with Crippen molar-refractivity contribution in [1.82, 2.24) is 10.2 Å². The van der Waals surface area contributed by atoms with Gasteiger partial charge in [0.05, 0.1) is 6.54 Å². The molecule has 2 heteroatoms. The van der Waals surface area contributed by atoms with Crippen LogP contribution in [0.5, 0.6) is 0 Å². The molecule has 1 rings (SSSR count). The van der Waals surface area contributed by atoms with Crippen molar-refractivity contribution in [3.05, 3.63) is 0 Å². The molecule has 1 saturated heterocycles. The van der Waals surface area contributed by atoms with E-state index in [1.165, 1.54) is 19.5 Å². The first-order valence-corrected chi connectivity index (χ1v) is 5.58. The Morgan fingerprint density at radius 1 is 1.43 bits per heavy atom. The summed E-state index contributed by atoms with van der Waals surface area (Å²) in [4.78, 5) is 2.55. The molecule has 0 aromatic carbocycles. The molecule has 80 valence electrons. The van der Waals surface area contributed by atoms with Crippen LogP contribution >= 0.6 is 0 Å². The first kappa shape index (κ1) is 11.6. The van der Waals surface area contributed by atoms with Gasteiger partial charge in [-0.1, -0.05) is 5.92 Å². The van der Waals surface area contributed by atoms with Gasteiger partial charge in [-0.25, -0.2) is 0 Å². The predicted molar refractivity (Wildman–Crippen MR) is 61.1 cm³/mol. The molecule has 0 aromatic heterocycles. The van der Waals surface area contributed by atoms with E-state index in [4.69, 9.17) is 0 Å². The Morgan fingerprint density at radius 3 is 2.79 bits per heavy atom. The summed E-state index contributed by atoms with van der Waals surface area (Å²) in [6.07, 6.45) is 2.40. The fourth-order valence-electron chi connectivity index (χ4n) is 1.87. The minimum absolute atomic E-state index is 0.699. The Kier molecular flexibility index (Phi) is 5.00. The van der Waals surface area contributed by atoms with Gasteiger partial charge in [-0.2, -0.15) is 0 Å². The van der Waals surface area contributed by atoms with Crippen molar-refractivity contribution in [2.75, 3.05) is 26.7 Å². The second kappa shape index (κ2) is 6.06. The van der Waals surface area contributed by atoms with Crippen LogP contribution in [0, 0.1) is 17.8 Å². The Hall–Kier alpha value is -0.520. The average molecular weight is 194 g/mol. The van der Waals surface area contributed by atoms with Crippen molar-refractivity contribution in [2.24, 2.45) is 5.92 Å². The van der Waals surface area contributed by atoms with Crippen molar-refractivity contribution >= 4 is 0 Å². The van der Waals surface area contributed by atoms with Crippen LogP contribution in [0.2, 0.25) is 0 Å². The topological polar surface area (TPSA) is 15.3 Å². The van der Waals surface area contributed by atoms with Gasteiger partial charge in [0.25, 0.3) is 0 Å². The minimum Gasteiger partial charge on any atom is -0.309 e. The second-order valence-electron chi connectivity index (χ2n) is 4.33. The lowest BCUT2D eigenvalue weighted by Gasteiger charge is -2.19. The largest absolute Gasteiger partial charge is 0.309 e. The fraction of sp³-hybridized carbons (Fsp3) is 0.833. The molecule has 0 saturated carbocycles. The number of likely N-dealkylation sites (tertiary alicyclic amines) is 1. The number of hydrogen-bond donors (Lipinski definition) is 1. The van der Waals surface area contributed by atoms with E-state index in [1.807, 2.05) is 7.05 Å². The molecule has 1 fully saturated rings. The normalized spacial score (nSPS) is 22.4. The highest BCUT2D eigenvalue weighted by Crippen LogP contribution is 2.20. The fourth-order valence-corrected chi connectivity index (χ4v) is 1.87. The molecule has 1 aliphatic heterocycles. The molecular weight excluding hydrogens is 172 g/mol. The monoisotopic (exact) mass is 194 g/mol. The van der Waals surface area contributed by atoms with Gasteiger partial charge in [-0.05, 0) is 39.8 Å². The standard InChI is InChI=1S/C12H22N2/c1-11(2)14-9-7-12(10-14)6-4-5-8-13-3/h11-13H,6-10H2,1-3H3. The van der Waals surface area contributed by atoms with Crippen molar-refractivity contribution in [1.29, 1.82) is 0 Å². The van der Waals surface area contributed by atoms with Crippen molar-refractivity contribution in [3.63, 3.8) is 0 Å². The maximum absolute atomic E-state index is 3.25. The lowest BCUT2D eigenvalue weighted by molar-refractivity contribution is 0.266. The highest BCUT2D eigenvalue weighted by atomic mass is 15.2. The van der Waals surface area contributed by atoms with Gasteiger partial charge < -0.3 is 10.2 Å². The van der Waals surface area contributed by atoms with Crippen LogP contribution < -0.4 is 5.32 Å². The lowest BCUT2D eigenvalue weighted by atomic mass is 10.1. The number of nitrogens with zero attached hydrogens (tertiary/aromatic N) is 1. The molecule has 0 amide bonds. The molecule has 1 unspecified atom stereocenters. The van der Waals surface area contributed by atoms with E-state index in [0.717, 1.165) is 18.9 Å². The van der Waals surface area contributed by atoms with Gasteiger partial charge in [0, 0.05) is 19.0 Å². The number of nitrogens with one attached hydrogen (secondary N) is 1. The summed E-state index contributed by atoms with van der Waals surface area (Å²) in [7, 11) is 1.94. The van der Waals surface area contributed by atoms with E-state index in [9.17, 15) is 0 Å². The quantitative estimate of drug-likeness (QED) is 0.682. The Balaban J connectivity index is 2.20. The van der Waals surface area contributed by atoms with Gasteiger partial charge in [0.15, 0.2) is 0 Å². The first-order valence-electron chi connectivity index (χ1n) is 5.58. The molecule has 0 aromatic rings. The molecule has 1 heterocycles. The van der Waals surface area contributed by atoms with Crippen LogP contribution in [0.4, 0.5) is 0 Å². The van der Waals surface area contributed by atoms with Gasteiger partial charge in [-0.15, -0.1) is 5.92 Å². The van der Waals surface area contributed by atoms with Crippen LogP contribution in [0.25, 0.3) is 0 Å². The number of hydrogen-bond acceptors (Lipinski definition) is 2. The van der Waals surface area contributed by atoms with Gasteiger partial charge in [-0.3, -0.25) is 0 Å². The maximum atomic E-state index is 3.25. The average Bonchev–Trinajstić information content (AvgIpc) is 2.61. The molecule has 1 atom stereocenters. The summed E-state index contributed by atoms with van der Waals surface area (Å²) in [6, 6.07) is 0.699. The first-order chi connectivity index (χ1) is 6.74. The minimum atomic E-state index is 0.699. The zero-order valence-corrected chi connectivity index (χ0v) is 9.64. The highest BCUT2D eigenvalue weighted by Gasteiger charge is 2.22. The highest BCUT2D eigenvalue weighted by molar-refractivity contribution is 5.02. The van der Waals surface area contributed by atoms with E-state index in [0.29, 0.717) is 6.04 Å². The molecule has 0 spiro atoms. The summed E-state index contributed by atoms with van der Waals surface area (Å²) in [5.41, 5.74) is 0. The van der Waals surface area contributed by atoms with Crippen LogP contribution in [-0.4, -0.2) is 37.6 Å². The van der Waals surface area contributed by atoms with Crippen LogP contribution in [0.1, 0.15) is 26.7 Å². The van der Waals surface area contributed by atoms with Gasteiger partial charge in [0.1, 0.15) is 0 Å². The van der Waals surface area contributed by atoms with Crippen molar-refractivity contribution < 1.29 is 0 Å². The van der Waals surface area contributed by atoms with E-state index in [1.54, 1.807) is 0 Å². The second-order valence-corrected chi connectivity index (χ2v) is 4.33. The molecule has 0 aliphatic carbocycles. The third kappa shape index (κ3) is 3.69. The molecule has 0 radical (unpaired) electrons. The molecule has 14 heavy (non-hydrogen) atoms. The third-order valence-electron chi connectivity index (χ3n) is 2.83. The summed E-state index contributed by atoms with van der Waals surface area (Å²) < 4.78 is 0. The smallest absolute Gasteiger partial charge is 0.0574 e. The summed E-state index contributed by atoms with van der Waals surface area (Å²) in [6.45, 7) is 7.87. The van der Waals surface area contributed by atoms with Crippen molar-refractivity contribution in [3.8, 4) is 11.8 Å². The van der Waals surface area contributed by atoms with E-state index < -0.39 is 0 Å². The summed E-state index contributed by atoms with van der Waals surface area (Å²) in [5.74, 6) is 7.18. The van der Waals surface area contributed by atoms with E-state index >= 15 is 0 Å². The molecular formula is C12H22N2. The summed E-state index contributed by atoms with van der Waals surface area (Å²) >= 11 is 0. The van der Waals surface area contributed by atoms with E-state index in [-0.39, 0.29) is 0 Å². The van der Waals surface area contributed by atoms with Crippen molar-refractivity contribution in [2.45, 2.75) is 32.7 Å². The van der Waals surface area contributed by atoms with Gasteiger partial charge in [0.2, 0.25) is 0 Å². The lowest BCUT2D eigenvalue weighted by Crippen LogP contribution is -2.28. The molecule has 2 nitrogen and oxygen atoms in total. The zero-order chi connectivity index (χ0) is 10.4. The number of rotatable bonds is 3. The third-order valence-corrected chi connectivity index (χ3v) is 2.83.